The maximum absolute atomic E-state index is 12.1. The Kier molecular flexibility index (Phi) is 3.90. The molecule has 0 radical (unpaired) electrons. The Morgan fingerprint density at radius 3 is 2.71 bits per heavy atom. The van der Waals surface area contributed by atoms with Crippen LogP contribution in [0.3, 0.4) is 0 Å². The van der Waals surface area contributed by atoms with Gasteiger partial charge in [-0.2, -0.15) is 0 Å². The summed E-state index contributed by atoms with van der Waals surface area (Å²) in [5, 5.41) is 12.1. The number of hydrogen-bond donors (Lipinski definition) is 1. The van der Waals surface area contributed by atoms with Crippen LogP contribution in [0.5, 0.6) is 0 Å². The van der Waals surface area contributed by atoms with Gasteiger partial charge in [0.2, 0.25) is 0 Å². The van der Waals surface area contributed by atoms with Gasteiger partial charge in [-0.3, -0.25) is 9.69 Å². The first kappa shape index (κ1) is 15.4. The summed E-state index contributed by atoms with van der Waals surface area (Å²) >= 11 is 0. The van der Waals surface area contributed by atoms with Gasteiger partial charge in [-0.25, -0.2) is 0 Å². The van der Waals surface area contributed by atoms with Crippen molar-refractivity contribution in [3.05, 3.63) is 34.9 Å². The van der Waals surface area contributed by atoms with Crippen molar-refractivity contribution >= 4 is 28.6 Å². The Balaban J connectivity index is 1.86. The minimum absolute atomic E-state index is 0.591. The fourth-order valence-electron chi connectivity index (χ4n) is 3.86. The summed E-state index contributed by atoms with van der Waals surface area (Å²) in [6.07, 6.45) is 3.78. The molecule has 2 aromatic rings. The van der Waals surface area contributed by atoms with E-state index in [0.717, 1.165) is 66.2 Å². The maximum atomic E-state index is 12.1. The SMILES string of the molecule is CN1CCN(C(C(=O)O)C2=c3oc4ccccc4c3=CCC2)CC1. The number of furan rings is 1. The minimum atomic E-state index is -0.775. The monoisotopic (exact) mass is 326 g/mol. The van der Waals surface area contributed by atoms with Crippen LogP contribution >= 0.6 is 0 Å². The van der Waals surface area contributed by atoms with E-state index < -0.39 is 12.0 Å². The first-order valence-electron chi connectivity index (χ1n) is 8.51. The van der Waals surface area contributed by atoms with Crippen LogP contribution in [0.25, 0.3) is 22.6 Å². The van der Waals surface area contributed by atoms with Crippen LogP contribution < -0.4 is 10.6 Å². The van der Waals surface area contributed by atoms with Crippen LogP contribution in [0.15, 0.2) is 28.7 Å². The number of carboxylic acid groups (broad SMARTS) is 1. The summed E-state index contributed by atoms with van der Waals surface area (Å²) in [5.41, 5.74) is 2.52. The van der Waals surface area contributed by atoms with E-state index in [1.54, 1.807) is 0 Å². The average molecular weight is 326 g/mol. The number of para-hydroxylation sites is 1. The molecule has 126 valence electrons. The Labute approximate surface area is 140 Å². The van der Waals surface area contributed by atoms with Gasteiger partial charge >= 0.3 is 5.97 Å². The molecule has 1 aromatic heterocycles. The Morgan fingerprint density at radius 1 is 1.21 bits per heavy atom. The van der Waals surface area contributed by atoms with Crippen LogP contribution in [-0.4, -0.2) is 60.1 Å². The van der Waals surface area contributed by atoms with Crippen LogP contribution in [0.1, 0.15) is 12.8 Å². The van der Waals surface area contributed by atoms with Gasteiger partial charge in [0.1, 0.15) is 17.0 Å². The Bertz CT molecular complexity index is 891. The molecule has 5 nitrogen and oxygen atoms in total. The number of aliphatic carboxylic acids is 1. The summed E-state index contributed by atoms with van der Waals surface area (Å²) in [6, 6.07) is 7.35. The molecule has 1 atom stereocenters. The van der Waals surface area contributed by atoms with Crippen molar-refractivity contribution in [1.82, 2.24) is 9.80 Å². The van der Waals surface area contributed by atoms with E-state index in [9.17, 15) is 9.90 Å². The zero-order valence-corrected chi connectivity index (χ0v) is 13.9. The standard InChI is InChI=1S/C19H22N2O3/c1-20-9-11-21(12-10-20)17(19(22)23)15-7-4-6-14-13-5-2-3-8-16(13)24-18(14)15/h2-3,5-6,8,17H,4,7,9-12H2,1H3,(H,22,23). The lowest BCUT2D eigenvalue weighted by atomic mass is 9.95. The van der Waals surface area contributed by atoms with Crippen LogP contribution in [0.4, 0.5) is 0 Å². The molecule has 1 saturated heterocycles. The van der Waals surface area contributed by atoms with Gasteiger partial charge in [0, 0.05) is 42.4 Å². The van der Waals surface area contributed by atoms with Crippen molar-refractivity contribution in [3.8, 4) is 0 Å². The number of carboxylic acids is 1. The van der Waals surface area contributed by atoms with E-state index in [-0.39, 0.29) is 0 Å². The Hall–Kier alpha value is -2.11. The molecule has 4 rings (SSSR count). The third-order valence-electron chi connectivity index (χ3n) is 5.15. The molecule has 1 aliphatic carbocycles. The van der Waals surface area contributed by atoms with Crippen molar-refractivity contribution in [2.75, 3.05) is 33.2 Å². The first-order valence-corrected chi connectivity index (χ1v) is 8.51. The van der Waals surface area contributed by atoms with Gasteiger partial charge in [0.25, 0.3) is 0 Å². The highest BCUT2D eigenvalue weighted by Crippen LogP contribution is 2.22. The van der Waals surface area contributed by atoms with E-state index in [1.165, 1.54) is 0 Å². The second kappa shape index (κ2) is 6.07. The van der Waals surface area contributed by atoms with Crippen molar-refractivity contribution in [1.29, 1.82) is 0 Å². The topological polar surface area (TPSA) is 56.9 Å². The fraction of sp³-hybridized carbons (Fsp3) is 0.421. The van der Waals surface area contributed by atoms with Crippen molar-refractivity contribution in [2.24, 2.45) is 0 Å². The van der Waals surface area contributed by atoms with E-state index in [2.05, 4.69) is 22.9 Å². The van der Waals surface area contributed by atoms with E-state index in [4.69, 9.17) is 4.42 Å². The highest BCUT2D eigenvalue weighted by atomic mass is 16.4. The predicted molar refractivity (Wildman–Crippen MR) is 93.1 cm³/mol. The molecular weight excluding hydrogens is 304 g/mol. The van der Waals surface area contributed by atoms with Crippen LogP contribution in [-0.2, 0) is 4.79 Å². The molecule has 1 aromatic carbocycles. The third-order valence-corrected chi connectivity index (χ3v) is 5.15. The van der Waals surface area contributed by atoms with E-state index in [1.807, 2.05) is 24.3 Å². The molecule has 0 saturated carbocycles. The number of piperazine rings is 1. The quantitative estimate of drug-likeness (QED) is 0.907. The van der Waals surface area contributed by atoms with E-state index in [0.29, 0.717) is 0 Å². The highest BCUT2D eigenvalue weighted by Gasteiger charge is 2.33. The van der Waals surface area contributed by atoms with Crippen molar-refractivity contribution in [3.63, 3.8) is 0 Å². The second-order valence-corrected chi connectivity index (χ2v) is 6.69. The molecule has 24 heavy (non-hydrogen) atoms. The first-order chi connectivity index (χ1) is 11.6. The molecule has 1 fully saturated rings. The van der Waals surface area contributed by atoms with Gasteiger partial charge in [-0.15, -0.1) is 0 Å². The number of rotatable bonds is 3. The van der Waals surface area contributed by atoms with Gasteiger partial charge in [0.15, 0.2) is 0 Å². The average Bonchev–Trinajstić information content (AvgIpc) is 2.96. The molecule has 1 aliphatic heterocycles. The van der Waals surface area contributed by atoms with E-state index >= 15 is 0 Å². The van der Waals surface area contributed by atoms with Gasteiger partial charge < -0.3 is 14.4 Å². The summed E-state index contributed by atoms with van der Waals surface area (Å²) in [4.78, 5) is 16.4. The predicted octanol–water partition coefficient (Wildman–Crippen LogP) is 0.858. The number of nitrogens with zero attached hydrogens (tertiary/aromatic N) is 2. The molecule has 0 bridgehead atoms. The van der Waals surface area contributed by atoms with Gasteiger partial charge in [-0.1, -0.05) is 24.3 Å². The summed E-state index contributed by atoms with van der Waals surface area (Å²) in [6.45, 7) is 3.35. The normalized spacial score (nSPS) is 20.6. The molecule has 2 aliphatic rings. The molecule has 0 spiro atoms. The van der Waals surface area contributed by atoms with Crippen LogP contribution in [0.2, 0.25) is 0 Å². The minimum Gasteiger partial charge on any atom is -0.480 e. The third kappa shape index (κ3) is 2.54. The van der Waals surface area contributed by atoms with Gasteiger partial charge in [-0.05, 0) is 26.0 Å². The zero-order valence-electron chi connectivity index (χ0n) is 13.9. The number of fused-ring (bicyclic) bond motifs is 3. The second-order valence-electron chi connectivity index (χ2n) is 6.69. The molecule has 5 heteroatoms. The van der Waals surface area contributed by atoms with Crippen LogP contribution in [0, 0.1) is 0 Å². The summed E-state index contributed by atoms with van der Waals surface area (Å²) in [5.74, 6) is -0.775. The number of hydrogen-bond acceptors (Lipinski definition) is 4. The molecule has 0 amide bonds. The molecule has 2 heterocycles. The van der Waals surface area contributed by atoms with Crippen molar-refractivity contribution in [2.45, 2.75) is 18.9 Å². The summed E-state index contributed by atoms with van der Waals surface area (Å²) < 4.78 is 6.08. The summed E-state index contributed by atoms with van der Waals surface area (Å²) in [7, 11) is 2.08. The lowest BCUT2D eigenvalue weighted by Gasteiger charge is -2.37. The largest absolute Gasteiger partial charge is 0.480 e. The van der Waals surface area contributed by atoms with Gasteiger partial charge in [0.05, 0.1) is 0 Å². The molecule has 1 N–H and O–H groups in total. The smallest absolute Gasteiger partial charge is 0.325 e. The number of benzene rings is 1. The number of carbonyl (C=O) groups is 1. The fourth-order valence-corrected chi connectivity index (χ4v) is 3.86. The zero-order chi connectivity index (χ0) is 16.7. The van der Waals surface area contributed by atoms with Crippen molar-refractivity contribution < 1.29 is 14.3 Å². The lowest BCUT2D eigenvalue weighted by molar-refractivity contribution is -0.141. The Morgan fingerprint density at radius 2 is 1.96 bits per heavy atom. The maximum Gasteiger partial charge on any atom is 0.325 e. The molecule has 1 unspecified atom stereocenters. The highest BCUT2D eigenvalue weighted by molar-refractivity contribution is 5.88. The number of likely N-dealkylation sites (N-methyl/N-ethyl adjacent to an activating group) is 1. The lowest BCUT2D eigenvalue weighted by Crippen LogP contribution is -2.53. The molecular formula is C19H22N2O3.